The fraction of sp³-hybridized carbons (Fsp3) is 0.222. The lowest BCUT2D eigenvalue weighted by molar-refractivity contribution is -0.137. The second kappa shape index (κ2) is 4.81. The molecule has 0 aliphatic rings. The molecule has 0 radical (unpaired) electrons. The van der Waals surface area contributed by atoms with Gasteiger partial charge in [0.1, 0.15) is 6.54 Å². The predicted molar refractivity (Wildman–Crippen MR) is 51.9 cm³/mol. The number of hydrogen-bond donors (Lipinski definition) is 2. The summed E-state index contributed by atoms with van der Waals surface area (Å²) < 4.78 is 1.20. The van der Waals surface area contributed by atoms with E-state index in [1.165, 1.54) is 17.1 Å². The molecule has 1 heterocycles. The Morgan fingerprint density at radius 1 is 1.67 bits per heavy atom. The van der Waals surface area contributed by atoms with Crippen molar-refractivity contribution in [2.75, 3.05) is 5.32 Å². The first-order chi connectivity index (χ1) is 7.11. The zero-order valence-corrected chi connectivity index (χ0v) is 7.80. The lowest BCUT2D eigenvalue weighted by atomic mass is 10.4. The maximum atomic E-state index is 11.0. The van der Waals surface area contributed by atoms with E-state index in [1.807, 2.05) is 0 Å². The second-order valence-corrected chi connectivity index (χ2v) is 2.75. The standard InChI is InChI=1S/C9H9N3O3/c1-2-3-8(13)11-7-4-10-12(5-7)6-9(14)15/h1,4-5H,3,6H2,(H,11,13)(H,14,15). The number of carbonyl (C=O) groups excluding carboxylic acids is 1. The Morgan fingerprint density at radius 2 is 2.40 bits per heavy atom. The van der Waals surface area contributed by atoms with Gasteiger partial charge in [-0.15, -0.1) is 6.42 Å². The minimum atomic E-state index is -1.00. The fourth-order valence-electron chi connectivity index (χ4n) is 0.951. The van der Waals surface area contributed by atoms with Gasteiger partial charge in [0.2, 0.25) is 5.91 Å². The molecule has 0 aliphatic carbocycles. The predicted octanol–water partition coefficient (Wildman–Crippen LogP) is -0.0705. The highest BCUT2D eigenvalue weighted by molar-refractivity contribution is 5.91. The van der Waals surface area contributed by atoms with Gasteiger partial charge in [-0.05, 0) is 0 Å². The van der Waals surface area contributed by atoms with Gasteiger partial charge < -0.3 is 10.4 Å². The summed E-state index contributed by atoms with van der Waals surface area (Å²) in [4.78, 5) is 21.4. The molecular formula is C9H9N3O3. The molecule has 78 valence electrons. The number of carboxylic acids is 1. The van der Waals surface area contributed by atoms with Crippen molar-refractivity contribution in [3.8, 4) is 12.3 Å². The van der Waals surface area contributed by atoms with E-state index in [0.717, 1.165) is 0 Å². The van der Waals surface area contributed by atoms with Crippen LogP contribution in [-0.4, -0.2) is 26.8 Å². The third-order valence-electron chi connectivity index (χ3n) is 1.48. The Bertz CT molecular complexity index is 416. The molecule has 0 saturated carbocycles. The van der Waals surface area contributed by atoms with E-state index in [2.05, 4.69) is 16.3 Å². The molecule has 0 bridgehead atoms. The van der Waals surface area contributed by atoms with Crippen molar-refractivity contribution in [1.29, 1.82) is 0 Å². The van der Waals surface area contributed by atoms with E-state index >= 15 is 0 Å². The molecule has 1 amide bonds. The average molecular weight is 207 g/mol. The van der Waals surface area contributed by atoms with E-state index in [0.29, 0.717) is 5.69 Å². The summed E-state index contributed by atoms with van der Waals surface area (Å²) in [7, 11) is 0. The van der Waals surface area contributed by atoms with Crippen LogP contribution < -0.4 is 5.32 Å². The van der Waals surface area contributed by atoms with Crippen molar-refractivity contribution in [2.45, 2.75) is 13.0 Å². The van der Waals surface area contributed by atoms with Crippen LogP contribution >= 0.6 is 0 Å². The van der Waals surface area contributed by atoms with Crippen LogP contribution in [0.5, 0.6) is 0 Å². The summed E-state index contributed by atoms with van der Waals surface area (Å²) in [5, 5.41) is 14.7. The van der Waals surface area contributed by atoms with Crippen LogP contribution in [0.15, 0.2) is 12.4 Å². The smallest absolute Gasteiger partial charge is 0.325 e. The Hall–Kier alpha value is -2.29. The molecule has 0 atom stereocenters. The number of anilines is 1. The number of aromatic nitrogens is 2. The lowest BCUT2D eigenvalue weighted by Crippen LogP contribution is -2.10. The van der Waals surface area contributed by atoms with Gasteiger partial charge >= 0.3 is 5.97 Å². The molecular weight excluding hydrogens is 198 g/mol. The fourth-order valence-corrected chi connectivity index (χ4v) is 0.951. The van der Waals surface area contributed by atoms with Crippen LogP contribution in [0.4, 0.5) is 5.69 Å². The van der Waals surface area contributed by atoms with E-state index in [4.69, 9.17) is 11.5 Å². The summed E-state index contributed by atoms with van der Waals surface area (Å²) in [5.74, 6) is 0.866. The number of aliphatic carboxylic acids is 1. The Morgan fingerprint density at radius 3 is 3.00 bits per heavy atom. The van der Waals surface area contributed by atoms with Gasteiger partial charge in [-0.2, -0.15) is 5.10 Å². The molecule has 2 N–H and O–H groups in total. The van der Waals surface area contributed by atoms with Gasteiger partial charge in [0, 0.05) is 6.20 Å². The average Bonchev–Trinajstić information content (AvgIpc) is 2.51. The number of rotatable bonds is 4. The van der Waals surface area contributed by atoms with Crippen LogP contribution in [0.2, 0.25) is 0 Å². The van der Waals surface area contributed by atoms with Crippen molar-refractivity contribution in [3.63, 3.8) is 0 Å². The summed E-state index contributed by atoms with van der Waals surface area (Å²) in [6, 6.07) is 0. The van der Waals surface area contributed by atoms with Crippen molar-refractivity contribution >= 4 is 17.6 Å². The molecule has 1 aromatic rings. The quantitative estimate of drug-likeness (QED) is 0.677. The van der Waals surface area contributed by atoms with Crippen LogP contribution in [0.25, 0.3) is 0 Å². The van der Waals surface area contributed by atoms with Crippen LogP contribution in [-0.2, 0) is 16.1 Å². The van der Waals surface area contributed by atoms with Crippen LogP contribution in [0.1, 0.15) is 6.42 Å². The molecule has 6 nitrogen and oxygen atoms in total. The summed E-state index contributed by atoms with van der Waals surface area (Å²) in [6.07, 6.45) is 7.70. The zero-order chi connectivity index (χ0) is 11.3. The van der Waals surface area contributed by atoms with Gasteiger partial charge in [0.05, 0.1) is 18.3 Å². The number of carboxylic acid groups (broad SMARTS) is 1. The number of nitrogens with one attached hydrogen (secondary N) is 1. The van der Waals surface area contributed by atoms with E-state index < -0.39 is 5.97 Å². The monoisotopic (exact) mass is 207 g/mol. The third kappa shape index (κ3) is 3.52. The normalized spacial score (nSPS) is 9.27. The van der Waals surface area contributed by atoms with Crippen molar-refractivity contribution in [2.24, 2.45) is 0 Å². The SMILES string of the molecule is C#CCC(=O)Nc1cnn(CC(=O)O)c1. The van der Waals surface area contributed by atoms with Gasteiger partial charge in [-0.25, -0.2) is 0 Å². The first kappa shape index (κ1) is 10.8. The van der Waals surface area contributed by atoms with Crippen molar-refractivity contribution < 1.29 is 14.7 Å². The second-order valence-electron chi connectivity index (χ2n) is 2.75. The topological polar surface area (TPSA) is 84.2 Å². The molecule has 0 saturated heterocycles. The molecule has 0 spiro atoms. The molecule has 0 aromatic carbocycles. The minimum absolute atomic E-state index is 0.0237. The van der Waals surface area contributed by atoms with Crippen LogP contribution in [0, 0.1) is 12.3 Å². The van der Waals surface area contributed by atoms with E-state index in [9.17, 15) is 9.59 Å². The number of amides is 1. The number of terminal acetylenes is 1. The lowest BCUT2D eigenvalue weighted by Gasteiger charge is -1.97. The molecule has 0 unspecified atom stereocenters. The number of carbonyl (C=O) groups is 2. The molecule has 1 aromatic heterocycles. The zero-order valence-electron chi connectivity index (χ0n) is 7.80. The first-order valence-corrected chi connectivity index (χ1v) is 4.09. The number of nitrogens with zero attached hydrogens (tertiary/aromatic N) is 2. The molecule has 6 heteroatoms. The van der Waals surface area contributed by atoms with Crippen molar-refractivity contribution in [1.82, 2.24) is 9.78 Å². The minimum Gasteiger partial charge on any atom is -0.480 e. The molecule has 15 heavy (non-hydrogen) atoms. The first-order valence-electron chi connectivity index (χ1n) is 4.09. The van der Waals surface area contributed by atoms with Gasteiger partial charge in [0.25, 0.3) is 0 Å². The van der Waals surface area contributed by atoms with Crippen molar-refractivity contribution in [3.05, 3.63) is 12.4 Å². The van der Waals surface area contributed by atoms with E-state index in [-0.39, 0.29) is 18.9 Å². The largest absolute Gasteiger partial charge is 0.480 e. The molecule has 0 fully saturated rings. The maximum Gasteiger partial charge on any atom is 0.325 e. The summed E-state index contributed by atoms with van der Waals surface area (Å²) >= 11 is 0. The van der Waals surface area contributed by atoms with E-state index in [1.54, 1.807) is 0 Å². The maximum absolute atomic E-state index is 11.0. The third-order valence-corrected chi connectivity index (χ3v) is 1.48. The van der Waals surface area contributed by atoms with Gasteiger partial charge in [-0.1, -0.05) is 5.92 Å². The van der Waals surface area contributed by atoms with Gasteiger partial charge in [-0.3, -0.25) is 14.3 Å². The Balaban J connectivity index is 2.57. The summed E-state index contributed by atoms with van der Waals surface area (Å²) in [6.45, 7) is -0.245. The highest BCUT2D eigenvalue weighted by Gasteiger charge is 2.04. The molecule has 1 rings (SSSR count). The number of hydrogen-bond acceptors (Lipinski definition) is 3. The summed E-state index contributed by atoms with van der Waals surface area (Å²) in [5.41, 5.74) is 0.427. The molecule has 0 aliphatic heterocycles. The highest BCUT2D eigenvalue weighted by atomic mass is 16.4. The Labute approximate surface area is 85.9 Å². The van der Waals surface area contributed by atoms with Crippen LogP contribution in [0.3, 0.4) is 0 Å². The van der Waals surface area contributed by atoms with Gasteiger partial charge in [0.15, 0.2) is 0 Å². The highest BCUT2D eigenvalue weighted by Crippen LogP contribution is 2.04. The Kier molecular flexibility index (Phi) is 3.46.